The lowest BCUT2D eigenvalue weighted by molar-refractivity contribution is 0.721. The molecule has 5 aromatic rings. The molecule has 7 nitrogen and oxygen atoms in total. The van der Waals surface area contributed by atoms with Crippen LogP contribution in [0.25, 0.3) is 27.8 Å². The second kappa shape index (κ2) is 6.63. The molecule has 0 radical (unpaired) electrons. The molecule has 142 valence electrons. The Bertz CT molecular complexity index is 1430. The molecule has 0 amide bonds. The lowest BCUT2D eigenvalue weighted by Gasteiger charge is -2.16. The summed E-state index contributed by atoms with van der Waals surface area (Å²) in [4.78, 5) is 31.1. The van der Waals surface area contributed by atoms with E-state index in [-0.39, 0.29) is 5.56 Å². The molecule has 3 aromatic heterocycles. The summed E-state index contributed by atoms with van der Waals surface area (Å²) in [7, 11) is 0. The molecule has 0 aliphatic rings. The van der Waals surface area contributed by atoms with E-state index in [1.165, 1.54) is 6.33 Å². The van der Waals surface area contributed by atoms with Crippen molar-refractivity contribution in [3.63, 3.8) is 0 Å². The second-order valence-corrected chi connectivity index (χ2v) is 7.03. The lowest BCUT2D eigenvalue weighted by Crippen LogP contribution is -2.26. The largest absolute Gasteiger partial charge is 0.320 e. The first-order chi connectivity index (χ1) is 14.1. The summed E-state index contributed by atoms with van der Waals surface area (Å²) >= 11 is 0. The monoisotopic (exact) mass is 382 g/mol. The molecular weight excluding hydrogens is 364 g/mol. The van der Waals surface area contributed by atoms with Crippen LogP contribution in [0.15, 0.2) is 66.1 Å². The van der Waals surface area contributed by atoms with Crippen LogP contribution in [0.4, 0.5) is 0 Å². The summed E-state index contributed by atoms with van der Waals surface area (Å²) in [6, 6.07) is 13.6. The van der Waals surface area contributed by atoms with Crippen molar-refractivity contribution in [3.05, 3.63) is 88.6 Å². The minimum Gasteiger partial charge on any atom is -0.320 e. The highest BCUT2D eigenvalue weighted by atomic mass is 16.1. The quantitative estimate of drug-likeness (QED) is 0.479. The molecule has 0 fully saturated rings. The van der Waals surface area contributed by atoms with Crippen LogP contribution in [0.3, 0.4) is 0 Å². The maximum Gasteiger partial charge on any atom is 0.266 e. The van der Waals surface area contributed by atoms with Crippen molar-refractivity contribution < 1.29 is 0 Å². The van der Waals surface area contributed by atoms with Gasteiger partial charge in [0.1, 0.15) is 17.7 Å². The smallest absolute Gasteiger partial charge is 0.266 e. The first kappa shape index (κ1) is 17.2. The van der Waals surface area contributed by atoms with Crippen LogP contribution in [-0.2, 0) is 6.54 Å². The van der Waals surface area contributed by atoms with Crippen molar-refractivity contribution in [1.29, 1.82) is 0 Å². The fraction of sp³-hybridized carbons (Fsp3) is 0.136. The fourth-order valence-corrected chi connectivity index (χ4v) is 3.69. The zero-order valence-corrected chi connectivity index (χ0v) is 16.1. The zero-order valence-electron chi connectivity index (χ0n) is 16.1. The first-order valence-corrected chi connectivity index (χ1v) is 9.31. The number of rotatable bonds is 3. The number of fused-ring (bicyclic) bond motifs is 2. The minimum atomic E-state index is -0.0712. The van der Waals surface area contributed by atoms with Crippen molar-refractivity contribution >= 4 is 22.1 Å². The van der Waals surface area contributed by atoms with Crippen molar-refractivity contribution in [2.24, 2.45) is 0 Å². The predicted octanol–water partition coefficient (Wildman–Crippen LogP) is 3.19. The molecule has 2 aromatic carbocycles. The maximum atomic E-state index is 13.6. The molecule has 0 bridgehead atoms. The van der Waals surface area contributed by atoms with Gasteiger partial charge in [-0.15, -0.1) is 0 Å². The third-order valence-electron chi connectivity index (χ3n) is 5.14. The van der Waals surface area contributed by atoms with Crippen LogP contribution in [0.2, 0.25) is 0 Å². The molecule has 0 atom stereocenters. The molecule has 7 heteroatoms. The summed E-state index contributed by atoms with van der Waals surface area (Å²) in [5, 5.41) is 0.637. The van der Waals surface area contributed by atoms with Gasteiger partial charge in [0.2, 0.25) is 0 Å². The Hall–Kier alpha value is -3.87. The molecule has 5 rings (SSSR count). The van der Waals surface area contributed by atoms with E-state index in [1.807, 2.05) is 60.9 Å². The fourth-order valence-electron chi connectivity index (χ4n) is 3.69. The van der Waals surface area contributed by atoms with Crippen LogP contribution in [0.5, 0.6) is 0 Å². The summed E-state index contributed by atoms with van der Waals surface area (Å²) in [5.74, 6) is 0.630. The highest BCUT2D eigenvalue weighted by molar-refractivity contribution is 5.81. The number of aryl methyl sites for hydroxylation is 2. The summed E-state index contributed by atoms with van der Waals surface area (Å²) in [6.07, 6.45) is 4.89. The Morgan fingerprint density at radius 2 is 1.79 bits per heavy atom. The van der Waals surface area contributed by atoms with Crippen molar-refractivity contribution in [3.8, 4) is 5.69 Å². The van der Waals surface area contributed by atoms with E-state index in [0.717, 1.165) is 22.3 Å². The number of aromatic nitrogens is 6. The third-order valence-corrected chi connectivity index (χ3v) is 5.14. The summed E-state index contributed by atoms with van der Waals surface area (Å²) in [6.45, 7) is 4.30. The minimum absolute atomic E-state index is 0.0712. The molecule has 29 heavy (non-hydrogen) atoms. The number of para-hydroxylation sites is 1. The van der Waals surface area contributed by atoms with Gasteiger partial charge in [0.15, 0.2) is 5.65 Å². The lowest BCUT2D eigenvalue weighted by atomic mass is 10.1. The van der Waals surface area contributed by atoms with Crippen molar-refractivity contribution in [2.75, 3.05) is 0 Å². The average molecular weight is 382 g/mol. The van der Waals surface area contributed by atoms with E-state index >= 15 is 0 Å². The van der Waals surface area contributed by atoms with Crippen LogP contribution >= 0.6 is 0 Å². The van der Waals surface area contributed by atoms with E-state index in [0.29, 0.717) is 28.9 Å². The van der Waals surface area contributed by atoms with Gasteiger partial charge in [-0.3, -0.25) is 9.36 Å². The molecule has 0 spiro atoms. The molecule has 0 saturated heterocycles. The number of nitrogens with zero attached hydrogens (tertiary/aromatic N) is 6. The van der Waals surface area contributed by atoms with Gasteiger partial charge in [-0.1, -0.05) is 30.3 Å². The van der Waals surface area contributed by atoms with Gasteiger partial charge >= 0.3 is 0 Å². The molecule has 0 aliphatic heterocycles. The van der Waals surface area contributed by atoms with Crippen LogP contribution in [0.1, 0.15) is 17.0 Å². The Balaban J connectivity index is 1.81. The van der Waals surface area contributed by atoms with E-state index in [9.17, 15) is 4.79 Å². The standard InChI is InChI=1S/C22H18N6O/c1-14-6-3-4-9-17(14)28-19(11-27-13-25-21-18(27)10-23-12-24-21)26-16-8-5-7-15(2)20(16)22(28)29/h3-10,12-13H,11H2,1-2H3. The first-order valence-electron chi connectivity index (χ1n) is 9.31. The predicted molar refractivity (Wildman–Crippen MR) is 111 cm³/mol. The number of benzene rings is 2. The van der Waals surface area contributed by atoms with Gasteiger partial charge in [-0.25, -0.2) is 19.9 Å². The molecule has 0 unspecified atom stereocenters. The Labute approximate surface area is 166 Å². The summed E-state index contributed by atoms with van der Waals surface area (Å²) < 4.78 is 3.62. The second-order valence-electron chi connectivity index (χ2n) is 7.03. The van der Waals surface area contributed by atoms with Gasteiger partial charge in [-0.05, 0) is 37.1 Å². The third kappa shape index (κ3) is 2.79. The van der Waals surface area contributed by atoms with Gasteiger partial charge in [0, 0.05) is 0 Å². The van der Waals surface area contributed by atoms with Crippen molar-refractivity contribution in [2.45, 2.75) is 20.4 Å². The molecule has 0 saturated carbocycles. The maximum absolute atomic E-state index is 13.6. The van der Waals surface area contributed by atoms with Gasteiger partial charge < -0.3 is 4.57 Å². The van der Waals surface area contributed by atoms with E-state index in [1.54, 1.807) is 17.1 Å². The summed E-state index contributed by atoms with van der Waals surface area (Å²) in [5.41, 5.74) is 4.77. The Morgan fingerprint density at radius 1 is 0.966 bits per heavy atom. The number of hydrogen-bond acceptors (Lipinski definition) is 5. The van der Waals surface area contributed by atoms with E-state index in [2.05, 4.69) is 15.0 Å². The van der Waals surface area contributed by atoms with Crippen LogP contribution < -0.4 is 5.56 Å². The van der Waals surface area contributed by atoms with Gasteiger partial charge in [0.25, 0.3) is 5.56 Å². The topological polar surface area (TPSA) is 78.5 Å². The SMILES string of the molecule is Cc1ccccc1-n1c(Cn2cnc3ncncc32)nc2cccc(C)c2c1=O. The van der Waals surface area contributed by atoms with Crippen LogP contribution in [-0.4, -0.2) is 29.1 Å². The van der Waals surface area contributed by atoms with Gasteiger partial charge in [-0.2, -0.15) is 0 Å². The normalized spacial score (nSPS) is 11.4. The van der Waals surface area contributed by atoms with E-state index in [4.69, 9.17) is 4.98 Å². The Morgan fingerprint density at radius 3 is 2.66 bits per heavy atom. The van der Waals surface area contributed by atoms with E-state index < -0.39 is 0 Å². The average Bonchev–Trinajstić information content (AvgIpc) is 3.12. The molecular formula is C22H18N6O. The number of imidazole rings is 1. The molecule has 0 aliphatic carbocycles. The molecule has 0 N–H and O–H groups in total. The molecule has 3 heterocycles. The van der Waals surface area contributed by atoms with Gasteiger partial charge in [0.05, 0.1) is 35.7 Å². The number of hydrogen-bond donors (Lipinski definition) is 0. The highest BCUT2D eigenvalue weighted by Crippen LogP contribution is 2.20. The van der Waals surface area contributed by atoms with Crippen molar-refractivity contribution in [1.82, 2.24) is 29.1 Å². The van der Waals surface area contributed by atoms with Crippen LogP contribution in [0, 0.1) is 13.8 Å². The Kier molecular flexibility index (Phi) is 3.94. The zero-order chi connectivity index (χ0) is 20.0. The highest BCUT2D eigenvalue weighted by Gasteiger charge is 2.17.